The summed E-state index contributed by atoms with van der Waals surface area (Å²) in [4.78, 5) is 12.3. The quantitative estimate of drug-likeness (QED) is 0.667. The molecule has 5 rings (SSSR count). The van der Waals surface area contributed by atoms with Gasteiger partial charge in [-0.1, -0.05) is 30.3 Å². The van der Waals surface area contributed by atoms with Crippen molar-refractivity contribution in [3.05, 3.63) is 35.9 Å². The maximum absolute atomic E-state index is 12.3. The van der Waals surface area contributed by atoms with Crippen LogP contribution in [0.25, 0.3) is 0 Å². The molecule has 3 heteroatoms. The van der Waals surface area contributed by atoms with E-state index in [1.54, 1.807) is 6.21 Å². The van der Waals surface area contributed by atoms with Gasteiger partial charge in [0.15, 0.2) is 0 Å². The third kappa shape index (κ3) is 2.81. The molecule has 0 atom stereocenters. The van der Waals surface area contributed by atoms with E-state index in [1.165, 1.54) is 38.5 Å². The fourth-order valence-electron chi connectivity index (χ4n) is 5.60. The van der Waals surface area contributed by atoms with E-state index in [9.17, 15) is 4.79 Å². The zero-order chi connectivity index (χ0) is 15.0. The standard InChI is InChI=1S/C19H24N2O/c22-18(21-20-13-14-4-2-1-3-5-14)12-19-9-15-6-16(10-19)8-17(7-15)11-19/h1-5,13,15-17H,6-12H2,(H,21,22)/b20-13-. The summed E-state index contributed by atoms with van der Waals surface area (Å²) in [7, 11) is 0. The Morgan fingerprint density at radius 3 is 2.27 bits per heavy atom. The lowest BCUT2D eigenvalue weighted by Crippen LogP contribution is -2.47. The van der Waals surface area contributed by atoms with Gasteiger partial charge in [0.1, 0.15) is 0 Å². The third-order valence-corrected chi connectivity index (χ3v) is 5.90. The summed E-state index contributed by atoms with van der Waals surface area (Å²) in [6.45, 7) is 0. The Balaban J connectivity index is 1.35. The number of carbonyl (C=O) groups excluding carboxylic acids is 1. The van der Waals surface area contributed by atoms with Crippen LogP contribution >= 0.6 is 0 Å². The van der Waals surface area contributed by atoms with Gasteiger partial charge in [0, 0.05) is 6.42 Å². The van der Waals surface area contributed by atoms with Crippen LogP contribution in [0.1, 0.15) is 50.5 Å². The van der Waals surface area contributed by atoms with E-state index in [4.69, 9.17) is 0 Å². The molecule has 1 N–H and O–H groups in total. The molecule has 1 aromatic rings. The van der Waals surface area contributed by atoms with Crippen LogP contribution in [-0.2, 0) is 4.79 Å². The maximum atomic E-state index is 12.3. The van der Waals surface area contributed by atoms with Crippen molar-refractivity contribution in [2.24, 2.45) is 28.3 Å². The van der Waals surface area contributed by atoms with Gasteiger partial charge < -0.3 is 0 Å². The summed E-state index contributed by atoms with van der Waals surface area (Å²) in [6, 6.07) is 9.88. The van der Waals surface area contributed by atoms with Crippen LogP contribution in [-0.4, -0.2) is 12.1 Å². The van der Waals surface area contributed by atoms with Gasteiger partial charge in [0.2, 0.25) is 5.91 Å². The molecule has 4 aliphatic rings. The average molecular weight is 296 g/mol. The largest absolute Gasteiger partial charge is 0.273 e. The Kier molecular flexibility index (Phi) is 3.51. The van der Waals surface area contributed by atoms with E-state index >= 15 is 0 Å². The number of nitrogens with zero attached hydrogens (tertiary/aromatic N) is 1. The second-order valence-corrected chi connectivity index (χ2v) is 7.80. The Morgan fingerprint density at radius 2 is 1.68 bits per heavy atom. The normalized spacial score (nSPS) is 35.9. The second kappa shape index (κ2) is 5.53. The summed E-state index contributed by atoms with van der Waals surface area (Å²) < 4.78 is 0. The van der Waals surface area contributed by atoms with Crippen LogP contribution in [0.3, 0.4) is 0 Å². The van der Waals surface area contributed by atoms with Crippen LogP contribution in [0, 0.1) is 23.2 Å². The molecule has 0 aliphatic heterocycles. The van der Waals surface area contributed by atoms with Crippen molar-refractivity contribution in [1.29, 1.82) is 0 Å². The summed E-state index contributed by atoms with van der Waals surface area (Å²) >= 11 is 0. The molecule has 116 valence electrons. The number of nitrogens with one attached hydrogen (secondary N) is 1. The Morgan fingerprint density at radius 1 is 1.09 bits per heavy atom. The van der Waals surface area contributed by atoms with Crippen molar-refractivity contribution in [2.45, 2.75) is 44.9 Å². The molecule has 0 saturated heterocycles. The van der Waals surface area contributed by atoms with Gasteiger partial charge in [-0.05, 0) is 67.3 Å². The fraction of sp³-hybridized carbons (Fsp3) is 0.579. The highest BCUT2D eigenvalue weighted by atomic mass is 16.2. The lowest BCUT2D eigenvalue weighted by molar-refractivity contribution is -0.129. The highest BCUT2D eigenvalue weighted by Crippen LogP contribution is 2.61. The molecule has 0 spiro atoms. The SMILES string of the molecule is O=C(CC12CC3CC(CC(C3)C1)C2)N/N=C\c1ccccc1. The molecule has 4 saturated carbocycles. The van der Waals surface area contributed by atoms with Crippen LogP contribution in [0.4, 0.5) is 0 Å². The lowest BCUT2D eigenvalue weighted by Gasteiger charge is -2.56. The molecule has 0 unspecified atom stereocenters. The number of benzene rings is 1. The molecule has 4 fully saturated rings. The smallest absolute Gasteiger partial charge is 0.240 e. The van der Waals surface area contributed by atoms with E-state index in [0.717, 1.165) is 23.3 Å². The second-order valence-electron chi connectivity index (χ2n) is 7.80. The predicted octanol–water partition coefficient (Wildman–Crippen LogP) is 3.74. The minimum atomic E-state index is 0.0918. The molecule has 4 bridgehead atoms. The van der Waals surface area contributed by atoms with E-state index in [0.29, 0.717) is 11.8 Å². The number of carbonyl (C=O) groups is 1. The molecule has 0 aromatic heterocycles. The number of hydrazone groups is 1. The van der Waals surface area contributed by atoms with Crippen LogP contribution in [0.15, 0.2) is 35.4 Å². The molecular weight excluding hydrogens is 272 g/mol. The summed E-state index contributed by atoms with van der Waals surface area (Å²) in [6.07, 6.45) is 10.5. The lowest BCUT2D eigenvalue weighted by atomic mass is 9.49. The highest BCUT2D eigenvalue weighted by molar-refractivity contribution is 5.82. The molecule has 0 radical (unpaired) electrons. The number of hydrogen-bond acceptors (Lipinski definition) is 2. The van der Waals surface area contributed by atoms with Crippen molar-refractivity contribution in [2.75, 3.05) is 0 Å². The van der Waals surface area contributed by atoms with E-state index in [2.05, 4.69) is 10.5 Å². The predicted molar refractivity (Wildman–Crippen MR) is 87.4 cm³/mol. The van der Waals surface area contributed by atoms with Crippen LogP contribution in [0.2, 0.25) is 0 Å². The average Bonchev–Trinajstić information content (AvgIpc) is 2.46. The monoisotopic (exact) mass is 296 g/mol. The van der Waals surface area contributed by atoms with Crippen molar-refractivity contribution in [3.8, 4) is 0 Å². The van der Waals surface area contributed by atoms with Gasteiger partial charge in [-0.15, -0.1) is 0 Å². The van der Waals surface area contributed by atoms with Gasteiger partial charge in [-0.3, -0.25) is 4.79 Å². The van der Waals surface area contributed by atoms with E-state index in [1.807, 2.05) is 30.3 Å². The summed E-state index contributed by atoms with van der Waals surface area (Å²) in [5, 5.41) is 4.12. The Hall–Kier alpha value is -1.64. The zero-order valence-electron chi connectivity index (χ0n) is 13.0. The summed E-state index contributed by atoms with van der Waals surface area (Å²) in [5.41, 5.74) is 4.04. The zero-order valence-corrected chi connectivity index (χ0v) is 13.0. The first-order valence-corrected chi connectivity index (χ1v) is 8.58. The Bertz CT molecular complexity index is 543. The summed E-state index contributed by atoms with van der Waals surface area (Å²) in [5.74, 6) is 2.78. The van der Waals surface area contributed by atoms with Gasteiger partial charge in [0.05, 0.1) is 6.21 Å². The molecule has 1 aromatic carbocycles. The molecule has 4 aliphatic carbocycles. The molecular formula is C19H24N2O. The van der Waals surface area contributed by atoms with Crippen molar-refractivity contribution >= 4 is 12.1 Å². The Labute approximate surface area is 132 Å². The third-order valence-electron chi connectivity index (χ3n) is 5.90. The molecule has 0 heterocycles. The highest BCUT2D eigenvalue weighted by Gasteiger charge is 2.51. The van der Waals surface area contributed by atoms with Gasteiger partial charge in [-0.25, -0.2) is 5.43 Å². The molecule has 22 heavy (non-hydrogen) atoms. The van der Waals surface area contributed by atoms with E-state index in [-0.39, 0.29) is 5.91 Å². The first kappa shape index (κ1) is 14.0. The minimum absolute atomic E-state index is 0.0918. The fourth-order valence-corrected chi connectivity index (χ4v) is 5.60. The van der Waals surface area contributed by atoms with Crippen LogP contribution < -0.4 is 5.43 Å². The van der Waals surface area contributed by atoms with Crippen molar-refractivity contribution < 1.29 is 4.79 Å². The van der Waals surface area contributed by atoms with Gasteiger partial charge in [-0.2, -0.15) is 5.10 Å². The van der Waals surface area contributed by atoms with Crippen molar-refractivity contribution in [3.63, 3.8) is 0 Å². The number of rotatable bonds is 4. The minimum Gasteiger partial charge on any atom is -0.273 e. The topological polar surface area (TPSA) is 41.5 Å². The van der Waals surface area contributed by atoms with Gasteiger partial charge in [0.25, 0.3) is 0 Å². The van der Waals surface area contributed by atoms with E-state index < -0.39 is 0 Å². The van der Waals surface area contributed by atoms with Gasteiger partial charge >= 0.3 is 0 Å². The first-order chi connectivity index (χ1) is 10.7. The maximum Gasteiger partial charge on any atom is 0.240 e. The van der Waals surface area contributed by atoms with Crippen molar-refractivity contribution in [1.82, 2.24) is 5.43 Å². The molecule has 3 nitrogen and oxygen atoms in total. The van der Waals surface area contributed by atoms with Crippen LogP contribution in [0.5, 0.6) is 0 Å². The molecule has 1 amide bonds. The first-order valence-electron chi connectivity index (χ1n) is 8.58. The number of amides is 1. The number of hydrogen-bond donors (Lipinski definition) is 1.